The first-order valence-corrected chi connectivity index (χ1v) is 14.2. The number of aromatic nitrogens is 2. The standard InChI is InChI=1S/C30H38N6O6/c1-19(2)14-21(26(38)30(3)18-42-30)34-28(40)22(15-20-8-5-4-6-9-20)35-29(41)24-10-7-13-36(24)25(37)17-33-27(39)23-16-31-11-12-32-23/h4-6,8-9,11-12,16,19,21-22,24H,7,10,13-15,17-18H2,1-3H3,(H,33,39)(H,34,40)(H,35,41)/t21-,22-,24-,30+/m0/s1. The number of rotatable bonds is 13. The molecule has 0 aliphatic carbocycles. The van der Waals surface area contributed by atoms with Gasteiger partial charge in [-0.05, 0) is 37.7 Å². The third kappa shape index (κ3) is 7.96. The summed E-state index contributed by atoms with van der Waals surface area (Å²) in [5, 5.41) is 8.23. The number of likely N-dealkylation sites (tertiary alicyclic amines) is 1. The third-order valence-corrected chi connectivity index (χ3v) is 7.43. The number of Topliss-reactive ketones (excluding diaryl/α,β-unsaturated/α-hetero) is 1. The van der Waals surface area contributed by atoms with Gasteiger partial charge in [-0.3, -0.25) is 29.0 Å². The van der Waals surface area contributed by atoms with Gasteiger partial charge in [-0.2, -0.15) is 0 Å². The van der Waals surface area contributed by atoms with E-state index in [2.05, 4.69) is 25.9 Å². The van der Waals surface area contributed by atoms with Crippen molar-refractivity contribution in [2.75, 3.05) is 19.7 Å². The number of ketones is 1. The molecule has 3 heterocycles. The lowest BCUT2D eigenvalue weighted by Crippen LogP contribution is -2.57. The topological polar surface area (TPSA) is 163 Å². The van der Waals surface area contributed by atoms with E-state index in [4.69, 9.17) is 4.74 Å². The molecule has 2 fully saturated rings. The van der Waals surface area contributed by atoms with E-state index in [0.29, 0.717) is 32.4 Å². The summed E-state index contributed by atoms with van der Waals surface area (Å²) in [7, 11) is 0. The van der Waals surface area contributed by atoms with E-state index in [9.17, 15) is 24.0 Å². The highest BCUT2D eigenvalue weighted by Crippen LogP contribution is 2.29. The zero-order chi connectivity index (χ0) is 30.3. The summed E-state index contributed by atoms with van der Waals surface area (Å²) in [6, 6.07) is 6.71. The Hall–Kier alpha value is -4.19. The van der Waals surface area contributed by atoms with Gasteiger partial charge >= 0.3 is 0 Å². The van der Waals surface area contributed by atoms with Crippen LogP contribution in [-0.4, -0.2) is 87.7 Å². The summed E-state index contributed by atoms with van der Waals surface area (Å²) in [6.45, 7) is 5.98. The predicted molar refractivity (Wildman–Crippen MR) is 152 cm³/mol. The molecule has 2 aromatic rings. The second-order valence-corrected chi connectivity index (χ2v) is 11.3. The molecule has 0 spiro atoms. The van der Waals surface area contributed by atoms with Gasteiger partial charge < -0.3 is 25.6 Å². The van der Waals surface area contributed by atoms with Crippen LogP contribution in [0.4, 0.5) is 0 Å². The molecule has 3 N–H and O–H groups in total. The number of amides is 4. The number of nitrogens with one attached hydrogen (secondary N) is 3. The molecule has 2 aliphatic heterocycles. The number of nitrogens with zero attached hydrogens (tertiary/aromatic N) is 3. The lowest BCUT2D eigenvalue weighted by Gasteiger charge is -2.28. The zero-order valence-corrected chi connectivity index (χ0v) is 24.2. The molecule has 4 rings (SSSR count). The van der Waals surface area contributed by atoms with Crippen molar-refractivity contribution in [3.8, 4) is 0 Å². The highest BCUT2D eigenvalue weighted by atomic mass is 16.6. The molecule has 0 saturated carbocycles. The number of carbonyl (C=O) groups is 5. The first-order valence-electron chi connectivity index (χ1n) is 14.2. The van der Waals surface area contributed by atoms with Crippen molar-refractivity contribution in [1.82, 2.24) is 30.8 Å². The fourth-order valence-electron chi connectivity index (χ4n) is 5.02. The molecular weight excluding hydrogens is 540 g/mol. The van der Waals surface area contributed by atoms with Crippen LogP contribution < -0.4 is 16.0 Å². The van der Waals surface area contributed by atoms with Crippen LogP contribution in [0.2, 0.25) is 0 Å². The Labute approximate surface area is 245 Å². The van der Waals surface area contributed by atoms with Crippen LogP contribution in [0.3, 0.4) is 0 Å². The van der Waals surface area contributed by atoms with Gasteiger partial charge in [0.25, 0.3) is 5.91 Å². The lowest BCUT2D eigenvalue weighted by molar-refractivity contribution is -0.139. The Kier molecular flexibility index (Phi) is 10.00. The van der Waals surface area contributed by atoms with Gasteiger partial charge in [0.1, 0.15) is 23.4 Å². The quantitative estimate of drug-likeness (QED) is 0.294. The van der Waals surface area contributed by atoms with E-state index < -0.39 is 47.4 Å². The maximum absolute atomic E-state index is 13.6. The van der Waals surface area contributed by atoms with Gasteiger partial charge in [0.15, 0.2) is 5.78 Å². The van der Waals surface area contributed by atoms with E-state index in [1.807, 2.05) is 44.2 Å². The molecule has 2 saturated heterocycles. The van der Waals surface area contributed by atoms with Crippen molar-refractivity contribution in [3.05, 3.63) is 60.2 Å². The maximum Gasteiger partial charge on any atom is 0.271 e. The molecule has 42 heavy (non-hydrogen) atoms. The Bertz CT molecular complexity index is 1280. The van der Waals surface area contributed by atoms with Crippen molar-refractivity contribution in [3.63, 3.8) is 0 Å². The van der Waals surface area contributed by atoms with Gasteiger partial charge in [0, 0.05) is 25.4 Å². The summed E-state index contributed by atoms with van der Waals surface area (Å²) < 4.78 is 5.34. The number of carbonyl (C=O) groups excluding carboxylic acids is 5. The molecule has 2 aliphatic rings. The lowest BCUT2D eigenvalue weighted by atomic mass is 9.93. The van der Waals surface area contributed by atoms with Crippen LogP contribution >= 0.6 is 0 Å². The van der Waals surface area contributed by atoms with E-state index in [1.165, 1.54) is 23.5 Å². The van der Waals surface area contributed by atoms with Gasteiger partial charge in [0.2, 0.25) is 17.7 Å². The van der Waals surface area contributed by atoms with Crippen molar-refractivity contribution in [2.45, 2.75) is 70.2 Å². The van der Waals surface area contributed by atoms with Gasteiger partial charge in [-0.25, -0.2) is 4.98 Å². The predicted octanol–water partition coefficient (Wildman–Crippen LogP) is 0.814. The molecule has 4 atom stereocenters. The normalized spacial score (nSPS) is 20.9. The van der Waals surface area contributed by atoms with Gasteiger partial charge in [-0.15, -0.1) is 0 Å². The number of benzene rings is 1. The van der Waals surface area contributed by atoms with Crippen LogP contribution in [-0.2, 0) is 30.3 Å². The maximum atomic E-state index is 13.6. The molecule has 0 bridgehead atoms. The molecule has 1 aromatic carbocycles. The Morgan fingerprint density at radius 1 is 1.07 bits per heavy atom. The highest BCUT2D eigenvalue weighted by molar-refractivity contribution is 5.99. The molecular formula is C30H38N6O6. The average Bonchev–Trinajstić information content (AvgIpc) is 3.54. The molecule has 12 heteroatoms. The average molecular weight is 579 g/mol. The first kappa shape index (κ1) is 30.8. The summed E-state index contributed by atoms with van der Waals surface area (Å²) in [5.41, 5.74) is -0.00127. The summed E-state index contributed by atoms with van der Waals surface area (Å²) in [6.07, 6.45) is 5.75. The van der Waals surface area contributed by atoms with Crippen LogP contribution in [0, 0.1) is 5.92 Å². The highest BCUT2D eigenvalue weighted by Gasteiger charge is 2.50. The molecule has 1 aromatic heterocycles. The number of epoxide rings is 1. The monoisotopic (exact) mass is 578 g/mol. The fourth-order valence-corrected chi connectivity index (χ4v) is 5.02. The van der Waals surface area contributed by atoms with Crippen LogP contribution in [0.5, 0.6) is 0 Å². The van der Waals surface area contributed by atoms with Crippen molar-refractivity contribution >= 4 is 29.4 Å². The van der Waals surface area contributed by atoms with Crippen molar-refractivity contribution < 1.29 is 28.7 Å². The second-order valence-electron chi connectivity index (χ2n) is 11.3. The van der Waals surface area contributed by atoms with E-state index >= 15 is 0 Å². The van der Waals surface area contributed by atoms with Gasteiger partial charge in [-0.1, -0.05) is 44.2 Å². The number of hydrogen-bond acceptors (Lipinski definition) is 8. The Balaban J connectivity index is 1.44. The second kappa shape index (κ2) is 13.6. The first-order chi connectivity index (χ1) is 20.1. The minimum atomic E-state index is -0.982. The van der Waals surface area contributed by atoms with E-state index in [0.717, 1.165) is 5.56 Å². The minimum Gasteiger partial charge on any atom is -0.361 e. The largest absolute Gasteiger partial charge is 0.361 e. The SMILES string of the molecule is CC(C)C[C@H](NC(=O)[C@H](Cc1ccccc1)NC(=O)[C@@H]1CCCN1C(=O)CNC(=O)c1cnccn1)C(=O)[C@@]1(C)CO1. The fraction of sp³-hybridized carbons (Fsp3) is 0.500. The van der Waals surface area contributed by atoms with Gasteiger partial charge in [0.05, 0.1) is 25.4 Å². The summed E-state index contributed by atoms with van der Waals surface area (Å²) in [4.78, 5) is 74.7. The molecule has 0 radical (unpaired) electrons. The molecule has 4 amide bonds. The van der Waals surface area contributed by atoms with Crippen molar-refractivity contribution in [2.24, 2.45) is 5.92 Å². The van der Waals surface area contributed by atoms with Crippen LogP contribution in [0.15, 0.2) is 48.9 Å². The smallest absolute Gasteiger partial charge is 0.271 e. The molecule has 224 valence electrons. The molecule has 12 nitrogen and oxygen atoms in total. The zero-order valence-electron chi connectivity index (χ0n) is 24.2. The van der Waals surface area contributed by atoms with Crippen LogP contribution in [0.25, 0.3) is 0 Å². The Morgan fingerprint density at radius 3 is 2.45 bits per heavy atom. The summed E-state index contributed by atoms with van der Waals surface area (Å²) in [5.74, 6) is -1.98. The van der Waals surface area contributed by atoms with Crippen molar-refractivity contribution in [1.29, 1.82) is 0 Å². The Morgan fingerprint density at radius 2 is 1.81 bits per heavy atom. The molecule has 0 unspecified atom stereocenters. The van der Waals surface area contributed by atoms with E-state index in [1.54, 1.807) is 6.92 Å². The third-order valence-electron chi connectivity index (χ3n) is 7.43. The van der Waals surface area contributed by atoms with E-state index in [-0.39, 0.29) is 30.4 Å². The number of ether oxygens (including phenoxy) is 1. The summed E-state index contributed by atoms with van der Waals surface area (Å²) >= 11 is 0. The number of hydrogen-bond donors (Lipinski definition) is 3. The minimum absolute atomic E-state index is 0.0762. The van der Waals surface area contributed by atoms with Crippen LogP contribution in [0.1, 0.15) is 56.1 Å².